The average molecular weight is 318 g/mol. The van der Waals surface area contributed by atoms with Gasteiger partial charge in [-0.3, -0.25) is 4.79 Å². The summed E-state index contributed by atoms with van der Waals surface area (Å²) >= 11 is 0. The van der Waals surface area contributed by atoms with Crippen LogP contribution in [0.3, 0.4) is 0 Å². The fraction of sp³-hybridized carbons (Fsp3) is 0.562. The number of hydrogen-bond donors (Lipinski definition) is 2. The van der Waals surface area contributed by atoms with Gasteiger partial charge in [0.2, 0.25) is 5.91 Å². The summed E-state index contributed by atoms with van der Waals surface area (Å²) in [5, 5.41) is 16.3. The number of aliphatic hydroxyl groups excluding tert-OH is 1. The van der Waals surface area contributed by atoms with Gasteiger partial charge in [0.05, 0.1) is 18.4 Å². The smallest absolute Gasteiger partial charge is 0.225 e. The SMILES string of the molecule is CC(C)CC(=O)Nc1ncnn2c(C3CCC(CO)O3)ccc12. The molecule has 1 aliphatic rings. The molecular formula is C16H22N4O3. The van der Waals surface area contributed by atoms with Crippen LogP contribution >= 0.6 is 0 Å². The third-order valence-electron chi connectivity index (χ3n) is 3.97. The number of anilines is 1. The van der Waals surface area contributed by atoms with Crippen LogP contribution in [0.2, 0.25) is 0 Å². The van der Waals surface area contributed by atoms with Gasteiger partial charge in [0, 0.05) is 6.42 Å². The molecule has 7 nitrogen and oxygen atoms in total. The standard InChI is InChI=1S/C16H22N4O3/c1-10(2)7-15(22)19-16-13-5-4-12(20(13)18-9-17-16)14-6-3-11(8-21)23-14/h4-5,9-11,14,21H,3,6-8H2,1-2H3,(H,17,18,19,22). The molecule has 23 heavy (non-hydrogen) atoms. The number of aromatic nitrogens is 3. The summed E-state index contributed by atoms with van der Waals surface area (Å²) in [5.41, 5.74) is 1.66. The molecule has 2 N–H and O–H groups in total. The molecule has 1 amide bonds. The van der Waals surface area contributed by atoms with E-state index >= 15 is 0 Å². The summed E-state index contributed by atoms with van der Waals surface area (Å²) in [6.07, 6.45) is 3.35. The number of nitrogens with one attached hydrogen (secondary N) is 1. The number of aliphatic hydroxyl groups is 1. The Bertz CT molecular complexity index is 698. The van der Waals surface area contributed by atoms with Crippen molar-refractivity contribution >= 4 is 17.2 Å². The van der Waals surface area contributed by atoms with Crippen LogP contribution in [0.4, 0.5) is 5.82 Å². The molecule has 1 aliphatic heterocycles. The number of carbonyl (C=O) groups is 1. The molecule has 2 aromatic heterocycles. The van der Waals surface area contributed by atoms with E-state index in [0.29, 0.717) is 12.2 Å². The molecule has 0 spiro atoms. The zero-order valence-electron chi connectivity index (χ0n) is 13.4. The monoisotopic (exact) mass is 318 g/mol. The van der Waals surface area contributed by atoms with Crippen LogP contribution in [-0.4, -0.2) is 38.3 Å². The molecular weight excluding hydrogens is 296 g/mol. The maximum atomic E-state index is 12.0. The molecule has 0 aliphatic carbocycles. The summed E-state index contributed by atoms with van der Waals surface area (Å²) in [7, 11) is 0. The lowest BCUT2D eigenvalue weighted by Crippen LogP contribution is -2.16. The maximum Gasteiger partial charge on any atom is 0.225 e. The molecule has 7 heteroatoms. The Kier molecular flexibility index (Phi) is 4.58. The second-order valence-corrected chi connectivity index (χ2v) is 6.32. The average Bonchev–Trinajstić information content (AvgIpc) is 3.12. The van der Waals surface area contributed by atoms with Gasteiger partial charge in [0.15, 0.2) is 5.82 Å². The summed E-state index contributed by atoms with van der Waals surface area (Å²) < 4.78 is 7.57. The Morgan fingerprint density at radius 3 is 3.00 bits per heavy atom. The lowest BCUT2D eigenvalue weighted by atomic mass is 10.1. The largest absolute Gasteiger partial charge is 0.394 e. The van der Waals surface area contributed by atoms with Crippen molar-refractivity contribution in [2.45, 2.75) is 45.3 Å². The zero-order chi connectivity index (χ0) is 16.4. The highest BCUT2D eigenvalue weighted by atomic mass is 16.5. The molecule has 124 valence electrons. The van der Waals surface area contributed by atoms with Crippen LogP contribution in [-0.2, 0) is 9.53 Å². The van der Waals surface area contributed by atoms with E-state index in [0.717, 1.165) is 24.1 Å². The topological polar surface area (TPSA) is 88.8 Å². The predicted octanol–water partition coefficient (Wildman–Crippen LogP) is 1.93. The lowest BCUT2D eigenvalue weighted by Gasteiger charge is -2.12. The number of ether oxygens (including phenoxy) is 1. The molecule has 2 unspecified atom stereocenters. The maximum absolute atomic E-state index is 12.0. The minimum atomic E-state index is -0.113. The normalized spacial score (nSPS) is 21.2. The molecule has 0 aromatic carbocycles. The van der Waals surface area contributed by atoms with Crippen LogP contribution in [0, 0.1) is 5.92 Å². The molecule has 2 atom stereocenters. The van der Waals surface area contributed by atoms with E-state index in [1.165, 1.54) is 6.33 Å². The van der Waals surface area contributed by atoms with Gasteiger partial charge in [-0.15, -0.1) is 0 Å². The van der Waals surface area contributed by atoms with E-state index in [1.807, 2.05) is 26.0 Å². The Labute approximate surface area is 134 Å². The van der Waals surface area contributed by atoms with Gasteiger partial charge < -0.3 is 15.2 Å². The van der Waals surface area contributed by atoms with Crippen LogP contribution in [0.15, 0.2) is 18.5 Å². The first-order valence-electron chi connectivity index (χ1n) is 7.97. The van der Waals surface area contributed by atoms with Crippen molar-refractivity contribution in [1.29, 1.82) is 0 Å². The van der Waals surface area contributed by atoms with Crippen molar-refractivity contribution in [2.24, 2.45) is 5.92 Å². The molecule has 1 saturated heterocycles. The first kappa shape index (κ1) is 15.9. The van der Waals surface area contributed by atoms with Crippen LogP contribution in [0.5, 0.6) is 0 Å². The second kappa shape index (κ2) is 6.64. The number of rotatable bonds is 5. The van der Waals surface area contributed by atoms with Gasteiger partial charge in [-0.25, -0.2) is 9.50 Å². The van der Waals surface area contributed by atoms with Crippen LogP contribution in [0.1, 0.15) is 44.9 Å². The quantitative estimate of drug-likeness (QED) is 0.879. The van der Waals surface area contributed by atoms with Gasteiger partial charge in [-0.1, -0.05) is 13.8 Å². The first-order valence-corrected chi connectivity index (χ1v) is 7.97. The molecule has 3 rings (SSSR count). The van der Waals surface area contributed by atoms with Crippen molar-refractivity contribution in [2.75, 3.05) is 11.9 Å². The minimum Gasteiger partial charge on any atom is -0.394 e. The number of fused-ring (bicyclic) bond motifs is 1. The summed E-state index contributed by atoms with van der Waals surface area (Å²) in [5.74, 6) is 0.743. The van der Waals surface area contributed by atoms with Gasteiger partial charge in [0.25, 0.3) is 0 Å². The van der Waals surface area contributed by atoms with E-state index in [4.69, 9.17) is 4.74 Å². The third kappa shape index (κ3) is 3.35. The van der Waals surface area contributed by atoms with Crippen LogP contribution < -0.4 is 5.32 Å². The highest BCUT2D eigenvalue weighted by Gasteiger charge is 2.28. The van der Waals surface area contributed by atoms with Gasteiger partial charge in [-0.05, 0) is 30.9 Å². The summed E-state index contributed by atoms with van der Waals surface area (Å²) in [4.78, 5) is 16.2. The van der Waals surface area contributed by atoms with E-state index in [2.05, 4.69) is 15.4 Å². The van der Waals surface area contributed by atoms with E-state index < -0.39 is 0 Å². The summed E-state index contributed by atoms with van der Waals surface area (Å²) in [6, 6.07) is 3.82. The highest BCUT2D eigenvalue weighted by molar-refractivity contribution is 5.93. The molecule has 0 bridgehead atoms. The fourth-order valence-electron chi connectivity index (χ4n) is 2.91. The van der Waals surface area contributed by atoms with E-state index in [-0.39, 0.29) is 30.6 Å². The van der Waals surface area contributed by atoms with Crippen molar-refractivity contribution in [3.8, 4) is 0 Å². The van der Waals surface area contributed by atoms with E-state index in [1.54, 1.807) is 4.52 Å². The van der Waals surface area contributed by atoms with Gasteiger partial charge in [0.1, 0.15) is 17.9 Å². The Balaban J connectivity index is 1.84. The Morgan fingerprint density at radius 1 is 1.48 bits per heavy atom. The lowest BCUT2D eigenvalue weighted by molar-refractivity contribution is -0.116. The second-order valence-electron chi connectivity index (χ2n) is 6.32. The van der Waals surface area contributed by atoms with Crippen molar-refractivity contribution in [1.82, 2.24) is 14.6 Å². The zero-order valence-corrected chi connectivity index (χ0v) is 13.4. The number of nitrogens with zero attached hydrogens (tertiary/aromatic N) is 3. The van der Waals surface area contributed by atoms with E-state index in [9.17, 15) is 9.90 Å². The summed E-state index contributed by atoms with van der Waals surface area (Å²) in [6.45, 7) is 4.03. The van der Waals surface area contributed by atoms with Gasteiger partial charge in [-0.2, -0.15) is 5.10 Å². The molecule has 1 fully saturated rings. The predicted molar refractivity (Wildman–Crippen MR) is 85.0 cm³/mol. The van der Waals surface area contributed by atoms with Crippen molar-refractivity contribution < 1.29 is 14.6 Å². The van der Waals surface area contributed by atoms with Crippen LogP contribution in [0.25, 0.3) is 5.52 Å². The molecule has 0 saturated carbocycles. The molecule has 2 aromatic rings. The van der Waals surface area contributed by atoms with Gasteiger partial charge >= 0.3 is 0 Å². The highest BCUT2D eigenvalue weighted by Crippen LogP contribution is 2.33. The first-order chi connectivity index (χ1) is 11.1. The van der Waals surface area contributed by atoms with Crippen molar-refractivity contribution in [3.63, 3.8) is 0 Å². The number of hydrogen-bond acceptors (Lipinski definition) is 5. The Hall–Kier alpha value is -1.99. The number of carbonyl (C=O) groups excluding carboxylic acids is 1. The van der Waals surface area contributed by atoms with Crippen molar-refractivity contribution in [3.05, 3.63) is 24.2 Å². The Morgan fingerprint density at radius 2 is 2.30 bits per heavy atom. The fourth-order valence-corrected chi connectivity index (χ4v) is 2.91. The molecule has 0 radical (unpaired) electrons. The molecule has 3 heterocycles. The third-order valence-corrected chi connectivity index (χ3v) is 3.97. The minimum absolute atomic E-state index is 0.0330. The number of amides is 1.